The van der Waals surface area contributed by atoms with Crippen LogP contribution in [0.4, 0.5) is 5.69 Å². The molecule has 0 amide bonds. The van der Waals surface area contributed by atoms with Gasteiger partial charge in [0.15, 0.2) is 0 Å². The Hall–Kier alpha value is -1.74. The van der Waals surface area contributed by atoms with Crippen molar-refractivity contribution in [3.63, 3.8) is 0 Å². The van der Waals surface area contributed by atoms with Crippen molar-refractivity contribution in [1.82, 2.24) is 4.98 Å². The molecule has 0 radical (unpaired) electrons. The van der Waals surface area contributed by atoms with Gasteiger partial charge in [-0.05, 0) is 36.2 Å². The number of aromatic nitrogens is 1. The van der Waals surface area contributed by atoms with E-state index in [1.54, 1.807) is 11.8 Å². The van der Waals surface area contributed by atoms with Crippen LogP contribution in [0.25, 0.3) is 0 Å². The van der Waals surface area contributed by atoms with Gasteiger partial charge in [-0.15, -0.1) is 18.3 Å². The highest BCUT2D eigenvalue weighted by molar-refractivity contribution is 7.99. The highest BCUT2D eigenvalue weighted by Gasteiger charge is 2.02. The van der Waals surface area contributed by atoms with E-state index in [2.05, 4.69) is 48.1 Å². The molecule has 0 unspecified atom stereocenters. The fourth-order valence-electron chi connectivity index (χ4n) is 1.76. The van der Waals surface area contributed by atoms with Crippen molar-refractivity contribution in [1.29, 1.82) is 0 Å². The number of rotatable bonds is 6. The van der Waals surface area contributed by atoms with Crippen LogP contribution in [0.1, 0.15) is 11.1 Å². The fraction of sp³-hybridized carbons (Fsp3) is 0.188. The zero-order valence-electron chi connectivity index (χ0n) is 11.1. The lowest BCUT2D eigenvalue weighted by atomic mass is 10.1. The standard InChI is InChI=1S/C16H18N2S/c1-3-10-19-16-7-5-4-6-15(16)18-12-14-11-17-9-8-13(14)2/h3-9,11,18H,1,10,12H2,2H3. The molecule has 1 aromatic heterocycles. The maximum absolute atomic E-state index is 4.17. The van der Waals surface area contributed by atoms with Crippen molar-refractivity contribution in [2.24, 2.45) is 0 Å². The maximum Gasteiger partial charge on any atom is 0.0481 e. The Balaban J connectivity index is 2.07. The molecule has 0 fully saturated rings. The lowest BCUT2D eigenvalue weighted by Gasteiger charge is -2.12. The summed E-state index contributed by atoms with van der Waals surface area (Å²) in [6.07, 6.45) is 5.67. The van der Waals surface area contributed by atoms with Gasteiger partial charge in [-0.3, -0.25) is 4.98 Å². The number of pyridine rings is 1. The van der Waals surface area contributed by atoms with E-state index in [9.17, 15) is 0 Å². The Labute approximate surface area is 119 Å². The zero-order valence-corrected chi connectivity index (χ0v) is 11.9. The SMILES string of the molecule is C=CCSc1ccccc1NCc1cnccc1C. The summed E-state index contributed by atoms with van der Waals surface area (Å²) < 4.78 is 0. The van der Waals surface area contributed by atoms with Crippen molar-refractivity contribution in [3.8, 4) is 0 Å². The van der Waals surface area contributed by atoms with Gasteiger partial charge >= 0.3 is 0 Å². The van der Waals surface area contributed by atoms with Gasteiger partial charge in [-0.2, -0.15) is 0 Å². The van der Waals surface area contributed by atoms with Crippen LogP contribution in [0.5, 0.6) is 0 Å². The number of aryl methyl sites for hydroxylation is 1. The summed E-state index contributed by atoms with van der Waals surface area (Å²) >= 11 is 1.79. The van der Waals surface area contributed by atoms with E-state index < -0.39 is 0 Å². The minimum atomic E-state index is 0.797. The Morgan fingerprint density at radius 2 is 2.16 bits per heavy atom. The molecule has 0 saturated carbocycles. The number of anilines is 1. The van der Waals surface area contributed by atoms with E-state index in [4.69, 9.17) is 0 Å². The molecule has 0 spiro atoms. The van der Waals surface area contributed by atoms with E-state index >= 15 is 0 Å². The molecule has 98 valence electrons. The van der Waals surface area contributed by atoms with Crippen LogP contribution in [-0.4, -0.2) is 10.7 Å². The van der Waals surface area contributed by atoms with Crippen LogP contribution >= 0.6 is 11.8 Å². The molecule has 2 rings (SSSR count). The highest BCUT2D eigenvalue weighted by Crippen LogP contribution is 2.27. The minimum absolute atomic E-state index is 0.797. The van der Waals surface area contributed by atoms with Gasteiger partial charge in [0.1, 0.15) is 0 Å². The van der Waals surface area contributed by atoms with Crippen molar-refractivity contribution in [2.45, 2.75) is 18.4 Å². The quantitative estimate of drug-likeness (QED) is 0.626. The Morgan fingerprint density at radius 3 is 2.95 bits per heavy atom. The van der Waals surface area contributed by atoms with Crippen LogP contribution < -0.4 is 5.32 Å². The van der Waals surface area contributed by atoms with E-state index in [-0.39, 0.29) is 0 Å². The predicted octanol–water partition coefficient (Wildman–Crippen LogP) is 4.28. The monoisotopic (exact) mass is 270 g/mol. The van der Waals surface area contributed by atoms with E-state index in [0.29, 0.717) is 0 Å². The molecule has 3 heteroatoms. The fourth-order valence-corrected chi connectivity index (χ4v) is 2.53. The molecule has 0 atom stereocenters. The summed E-state index contributed by atoms with van der Waals surface area (Å²) in [4.78, 5) is 5.42. The average Bonchev–Trinajstić information content (AvgIpc) is 2.45. The van der Waals surface area contributed by atoms with Gasteiger partial charge in [-0.1, -0.05) is 18.2 Å². The molecule has 2 aromatic rings. The molecule has 0 aliphatic heterocycles. The van der Waals surface area contributed by atoms with Crippen molar-refractivity contribution < 1.29 is 0 Å². The van der Waals surface area contributed by atoms with E-state index in [1.165, 1.54) is 16.0 Å². The predicted molar refractivity (Wildman–Crippen MR) is 83.7 cm³/mol. The van der Waals surface area contributed by atoms with Gasteiger partial charge in [0, 0.05) is 35.3 Å². The number of thioether (sulfide) groups is 1. The van der Waals surface area contributed by atoms with Crippen LogP contribution in [-0.2, 0) is 6.54 Å². The zero-order chi connectivity index (χ0) is 13.5. The molecule has 2 nitrogen and oxygen atoms in total. The second kappa shape index (κ2) is 7.00. The van der Waals surface area contributed by atoms with Gasteiger partial charge in [0.2, 0.25) is 0 Å². The minimum Gasteiger partial charge on any atom is -0.380 e. The molecule has 19 heavy (non-hydrogen) atoms. The molecule has 1 aromatic carbocycles. The first-order valence-electron chi connectivity index (χ1n) is 6.27. The highest BCUT2D eigenvalue weighted by atomic mass is 32.2. The summed E-state index contributed by atoms with van der Waals surface area (Å²) in [6, 6.07) is 10.4. The maximum atomic E-state index is 4.17. The van der Waals surface area contributed by atoms with E-state index in [1.807, 2.05) is 24.5 Å². The first kappa shape index (κ1) is 13.7. The lowest BCUT2D eigenvalue weighted by molar-refractivity contribution is 1.07. The topological polar surface area (TPSA) is 24.9 Å². The largest absolute Gasteiger partial charge is 0.380 e. The van der Waals surface area contributed by atoms with Crippen molar-refractivity contribution in [3.05, 3.63) is 66.5 Å². The Kier molecular flexibility index (Phi) is 5.04. The average molecular weight is 270 g/mol. The van der Waals surface area contributed by atoms with E-state index in [0.717, 1.165) is 18.0 Å². The summed E-state index contributed by atoms with van der Waals surface area (Å²) in [5.41, 5.74) is 3.65. The smallest absolute Gasteiger partial charge is 0.0481 e. The van der Waals surface area contributed by atoms with Gasteiger partial charge in [0.05, 0.1) is 0 Å². The van der Waals surface area contributed by atoms with Crippen LogP contribution in [0.3, 0.4) is 0 Å². The molecule has 1 heterocycles. The summed E-state index contributed by atoms with van der Waals surface area (Å²) in [7, 11) is 0. The second-order valence-corrected chi connectivity index (χ2v) is 5.31. The molecule has 0 bridgehead atoms. The van der Waals surface area contributed by atoms with Crippen LogP contribution in [0.2, 0.25) is 0 Å². The number of hydrogen-bond acceptors (Lipinski definition) is 3. The molecule has 0 aliphatic rings. The number of para-hydroxylation sites is 1. The number of nitrogens with one attached hydrogen (secondary N) is 1. The molecule has 1 N–H and O–H groups in total. The first-order valence-corrected chi connectivity index (χ1v) is 7.26. The number of nitrogens with zero attached hydrogens (tertiary/aromatic N) is 1. The third-order valence-electron chi connectivity index (χ3n) is 2.86. The number of benzene rings is 1. The third-order valence-corrected chi connectivity index (χ3v) is 3.93. The van der Waals surface area contributed by atoms with Gasteiger partial charge < -0.3 is 5.32 Å². The van der Waals surface area contributed by atoms with Gasteiger partial charge in [-0.25, -0.2) is 0 Å². The Morgan fingerprint density at radius 1 is 1.32 bits per heavy atom. The lowest BCUT2D eigenvalue weighted by Crippen LogP contribution is -2.02. The van der Waals surface area contributed by atoms with Crippen LogP contribution in [0.15, 0.2) is 60.3 Å². The van der Waals surface area contributed by atoms with Crippen molar-refractivity contribution in [2.75, 3.05) is 11.1 Å². The third kappa shape index (κ3) is 3.86. The molecular weight excluding hydrogens is 252 g/mol. The summed E-state index contributed by atoms with van der Waals surface area (Å²) in [6.45, 7) is 6.67. The van der Waals surface area contributed by atoms with Gasteiger partial charge in [0.25, 0.3) is 0 Å². The second-order valence-electron chi connectivity index (χ2n) is 4.25. The molecular formula is C16H18N2S. The van der Waals surface area contributed by atoms with Crippen molar-refractivity contribution >= 4 is 17.4 Å². The molecule has 0 saturated heterocycles. The normalized spacial score (nSPS) is 10.2. The molecule has 0 aliphatic carbocycles. The first-order chi connectivity index (χ1) is 9.31. The van der Waals surface area contributed by atoms with Crippen LogP contribution in [0, 0.1) is 6.92 Å². The number of hydrogen-bond donors (Lipinski definition) is 1. The summed E-state index contributed by atoms with van der Waals surface area (Å²) in [5.74, 6) is 0.921. The Bertz CT molecular complexity index is 552. The summed E-state index contributed by atoms with van der Waals surface area (Å²) in [5, 5.41) is 3.48.